The maximum absolute atomic E-state index is 12.1. The van der Waals surface area contributed by atoms with Crippen LogP contribution >= 0.6 is 0 Å². The van der Waals surface area contributed by atoms with Crippen LogP contribution in [0.25, 0.3) is 0 Å². The number of aliphatic hydroxyl groups excluding tert-OH is 1. The van der Waals surface area contributed by atoms with Crippen LogP contribution in [-0.2, 0) is 6.42 Å². The van der Waals surface area contributed by atoms with Crippen molar-refractivity contribution >= 4 is 6.03 Å². The van der Waals surface area contributed by atoms with Crippen LogP contribution in [0.1, 0.15) is 49.7 Å². The summed E-state index contributed by atoms with van der Waals surface area (Å²) in [6.45, 7) is 3.06. The van der Waals surface area contributed by atoms with Gasteiger partial charge in [-0.1, -0.05) is 29.8 Å². The van der Waals surface area contributed by atoms with Gasteiger partial charge in [0.15, 0.2) is 0 Å². The number of carbonyl (C=O) groups excluding carboxylic acids is 1. The van der Waals surface area contributed by atoms with Crippen LogP contribution in [0, 0.1) is 30.1 Å². The average molecular weight is 357 g/mol. The molecule has 0 aliphatic heterocycles. The Hall–Kier alpha value is -1.55. The Morgan fingerprint density at radius 1 is 1.08 bits per heavy atom. The molecule has 4 aliphatic carbocycles. The van der Waals surface area contributed by atoms with E-state index < -0.39 is 6.10 Å². The largest absolute Gasteiger partial charge is 0.391 e. The van der Waals surface area contributed by atoms with Crippen molar-refractivity contribution in [3.63, 3.8) is 0 Å². The molecule has 2 amide bonds. The monoisotopic (exact) mass is 356 g/mol. The molecule has 0 unspecified atom stereocenters. The van der Waals surface area contributed by atoms with Gasteiger partial charge < -0.3 is 15.7 Å². The van der Waals surface area contributed by atoms with Crippen LogP contribution in [0.3, 0.4) is 0 Å². The highest BCUT2D eigenvalue weighted by molar-refractivity contribution is 5.73. The molecule has 4 aliphatic rings. The molecule has 5 rings (SSSR count). The zero-order valence-electron chi connectivity index (χ0n) is 15.8. The number of hydrogen-bond acceptors (Lipinski definition) is 2. The van der Waals surface area contributed by atoms with Gasteiger partial charge in [0.1, 0.15) is 0 Å². The number of benzene rings is 1. The summed E-state index contributed by atoms with van der Waals surface area (Å²) in [4.78, 5) is 12.1. The molecule has 0 saturated heterocycles. The highest BCUT2D eigenvalue weighted by Gasteiger charge is 2.53. The summed E-state index contributed by atoms with van der Waals surface area (Å²) in [6, 6.07) is 8.23. The SMILES string of the molecule is Cc1ccc(CCNC(=O)NC[C@@H](O)C23CC4CC(CC(C4)C2)C3)cc1. The van der Waals surface area contributed by atoms with Gasteiger partial charge in [0.2, 0.25) is 0 Å². The maximum atomic E-state index is 12.1. The Morgan fingerprint density at radius 3 is 2.23 bits per heavy atom. The smallest absolute Gasteiger partial charge is 0.314 e. The summed E-state index contributed by atoms with van der Waals surface area (Å²) < 4.78 is 0. The first kappa shape index (κ1) is 17.8. The second-order valence-electron chi connectivity index (χ2n) is 9.17. The average Bonchev–Trinajstić information content (AvgIpc) is 2.60. The molecule has 1 aromatic rings. The predicted molar refractivity (Wildman–Crippen MR) is 103 cm³/mol. The van der Waals surface area contributed by atoms with Crippen molar-refractivity contribution in [3.8, 4) is 0 Å². The zero-order chi connectivity index (χ0) is 18.1. The third-order valence-electron chi connectivity index (χ3n) is 7.07. The number of amides is 2. The number of urea groups is 1. The lowest BCUT2D eigenvalue weighted by Gasteiger charge is -2.58. The molecule has 4 saturated carbocycles. The fraction of sp³-hybridized carbons (Fsp3) is 0.682. The van der Waals surface area contributed by atoms with Gasteiger partial charge >= 0.3 is 6.03 Å². The lowest BCUT2D eigenvalue weighted by molar-refractivity contribution is -0.117. The van der Waals surface area contributed by atoms with E-state index in [-0.39, 0.29) is 11.4 Å². The Kier molecular flexibility index (Phi) is 4.96. The standard InChI is InChI=1S/C22H32N2O2/c1-15-2-4-16(5-3-15)6-7-23-21(26)24-14-20(25)22-11-17-8-18(12-22)10-19(9-17)13-22/h2-5,17-20,25H,6-14H2,1H3,(H2,23,24,26)/t17?,18?,19?,20-,22?/m1/s1. The molecule has 3 N–H and O–H groups in total. The number of aryl methyl sites for hydroxylation is 1. The summed E-state index contributed by atoms with van der Waals surface area (Å²) in [5.41, 5.74) is 2.55. The highest BCUT2D eigenvalue weighted by atomic mass is 16.3. The van der Waals surface area contributed by atoms with E-state index in [1.807, 2.05) is 0 Å². The number of carbonyl (C=O) groups is 1. The number of nitrogens with one attached hydrogen (secondary N) is 2. The van der Waals surface area contributed by atoms with Crippen LogP contribution in [0.15, 0.2) is 24.3 Å². The van der Waals surface area contributed by atoms with E-state index in [0.29, 0.717) is 13.1 Å². The fourth-order valence-corrected chi connectivity index (χ4v) is 6.13. The first-order chi connectivity index (χ1) is 12.5. The van der Waals surface area contributed by atoms with Crippen LogP contribution in [0.5, 0.6) is 0 Å². The Morgan fingerprint density at radius 2 is 1.65 bits per heavy atom. The number of aliphatic hydroxyl groups is 1. The van der Waals surface area contributed by atoms with E-state index in [1.165, 1.54) is 30.4 Å². The third kappa shape index (κ3) is 3.75. The van der Waals surface area contributed by atoms with Gasteiger partial charge in [-0.15, -0.1) is 0 Å². The van der Waals surface area contributed by atoms with E-state index in [2.05, 4.69) is 41.8 Å². The quantitative estimate of drug-likeness (QED) is 0.731. The molecule has 4 bridgehead atoms. The lowest BCUT2D eigenvalue weighted by atomic mass is 9.48. The van der Waals surface area contributed by atoms with Crippen molar-refractivity contribution in [1.82, 2.24) is 10.6 Å². The molecule has 0 radical (unpaired) electrons. The molecule has 4 fully saturated rings. The predicted octanol–water partition coefficient (Wildman–Crippen LogP) is 3.41. The summed E-state index contributed by atoms with van der Waals surface area (Å²) in [7, 11) is 0. The molecule has 4 heteroatoms. The maximum Gasteiger partial charge on any atom is 0.314 e. The van der Waals surface area contributed by atoms with E-state index in [9.17, 15) is 9.90 Å². The molecule has 26 heavy (non-hydrogen) atoms. The normalized spacial score (nSPS) is 33.1. The highest BCUT2D eigenvalue weighted by Crippen LogP contribution is 2.61. The Labute approximate surface area is 156 Å². The van der Waals surface area contributed by atoms with Gasteiger partial charge in [0.25, 0.3) is 0 Å². The van der Waals surface area contributed by atoms with Crippen LogP contribution < -0.4 is 10.6 Å². The summed E-state index contributed by atoms with van der Waals surface area (Å²) in [5, 5.41) is 16.7. The Balaban J connectivity index is 1.21. The van der Waals surface area contributed by atoms with Gasteiger partial charge in [0.05, 0.1) is 6.10 Å². The molecular formula is C22H32N2O2. The summed E-state index contributed by atoms with van der Waals surface area (Å²) >= 11 is 0. The topological polar surface area (TPSA) is 61.4 Å². The van der Waals surface area contributed by atoms with E-state index >= 15 is 0 Å². The molecule has 0 aromatic heterocycles. The number of rotatable bonds is 6. The molecule has 1 aromatic carbocycles. The first-order valence-corrected chi connectivity index (χ1v) is 10.3. The molecule has 142 valence electrons. The summed E-state index contributed by atoms with van der Waals surface area (Å²) in [5.74, 6) is 2.46. The molecule has 1 atom stereocenters. The van der Waals surface area contributed by atoms with Gasteiger partial charge in [-0.25, -0.2) is 4.79 Å². The van der Waals surface area contributed by atoms with E-state index in [4.69, 9.17) is 0 Å². The minimum atomic E-state index is -0.404. The van der Waals surface area contributed by atoms with Gasteiger partial charge in [-0.3, -0.25) is 0 Å². The second kappa shape index (κ2) is 7.22. The fourth-order valence-electron chi connectivity index (χ4n) is 6.13. The van der Waals surface area contributed by atoms with Gasteiger partial charge in [-0.2, -0.15) is 0 Å². The first-order valence-electron chi connectivity index (χ1n) is 10.3. The van der Waals surface area contributed by atoms with Gasteiger partial charge in [-0.05, 0) is 80.6 Å². The van der Waals surface area contributed by atoms with Crippen molar-refractivity contribution in [1.29, 1.82) is 0 Å². The van der Waals surface area contributed by atoms with Crippen molar-refractivity contribution in [2.75, 3.05) is 13.1 Å². The Bertz CT molecular complexity index is 605. The van der Waals surface area contributed by atoms with E-state index in [0.717, 1.165) is 43.4 Å². The van der Waals surface area contributed by atoms with Crippen molar-refractivity contribution < 1.29 is 9.90 Å². The molecular weight excluding hydrogens is 324 g/mol. The minimum absolute atomic E-state index is 0.0733. The molecule has 0 heterocycles. The zero-order valence-corrected chi connectivity index (χ0v) is 15.8. The van der Waals surface area contributed by atoms with Gasteiger partial charge in [0, 0.05) is 13.1 Å². The third-order valence-corrected chi connectivity index (χ3v) is 7.07. The molecule has 0 spiro atoms. The van der Waals surface area contributed by atoms with Crippen LogP contribution in [-0.4, -0.2) is 30.3 Å². The van der Waals surface area contributed by atoms with Crippen molar-refractivity contribution in [3.05, 3.63) is 35.4 Å². The summed E-state index contributed by atoms with van der Waals surface area (Å²) in [6.07, 6.45) is 8.03. The minimum Gasteiger partial charge on any atom is -0.391 e. The number of hydrogen-bond donors (Lipinski definition) is 3. The van der Waals surface area contributed by atoms with Crippen molar-refractivity contribution in [2.24, 2.45) is 23.2 Å². The second-order valence-corrected chi connectivity index (χ2v) is 9.17. The van der Waals surface area contributed by atoms with Crippen LogP contribution in [0.2, 0.25) is 0 Å². The van der Waals surface area contributed by atoms with E-state index in [1.54, 1.807) is 0 Å². The van der Waals surface area contributed by atoms with Crippen LogP contribution in [0.4, 0.5) is 4.79 Å². The van der Waals surface area contributed by atoms with Crippen molar-refractivity contribution in [2.45, 2.75) is 58.0 Å². The lowest BCUT2D eigenvalue weighted by Crippen LogP contribution is -2.55. The molecule has 4 nitrogen and oxygen atoms in total.